The SMILES string of the molecule is COc1ccccc1-n1c(SC(C)C(=O)Nc2ccccc2C#N)nc2cc([N+](=O)[O-])ccc21. The highest BCUT2D eigenvalue weighted by Crippen LogP contribution is 2.35. The highest BCUT2D eigenvalue weighted by atomic mass is 32.2. The Morgan fingerprint density at radius 2 is 1.94 bits per heavy atom. The summed E-state index contributed by atoms with van der Waals surface area (Å²) in [5.74, 6) is 0.277. The molecule has 0 fully saturated rings. The van der Waals surface area contributed by atoms with E-state index in [0.717, 1.165) is 0 Å². The highest BCUT2D eigenvalue weighted by molar-refractivity contribution is 8.00. The maximum absolute atomic E-state index is 12.9. The summed E-state index contributed by atoms with van der Waals surface area (Å²) in [7, 11) is 1.55. The lowest BCUT2D eigenvalue weighted by Crippen LogP contribution is -2.23. The fourth-order valence-electron chi connectivity index (χ4n) is 3.42. The van der Waals surface area contributed by atoms with Crippen molar-refractivity contribution in [2.45, 2.75) is 17.3 Å². The Morgan fingerprint density at radius 3 is 2.68 bits per heavy atom. The molecule has 0 aliphatic rings. The Kier molecular flexibility index (Phi) is 6.47. The van der Waals surface area contributed by atoms with Crippen molar-refractivity contribution in [2.24, 2.45) is 0 Å². The number of hydrogen-bond donors (Lipinski definition) is 1. The summed E-state index contributed by atoms with van der Waals surface area (Å²) in [6, 6.07) is 20.6. The summed E-state index contributed by atoms with van der Waals surface area (Å²) in [6.45, 7) is 1.73. The zero-order valence-electron chi connectivity index (χ0n) is 18.3. The lowest BCUT2D eigenvalue weighted by atomic mass is 10.2. The molecule has 170 valence electrons. The maximum Gasteiger partial charge on any atom is 0.271 e. The third-order valence-electron chi connectivity index (χ3n) is 5.10. The maximum atomic E-state index is 12.9. The summed E-state index contributed by atoms with van der Waals surface area (Å²) < 4.78 is 7.33. The molecule has 3 aromatic carbocycles. The quantitative estimate of drug-likeness (QED) is 0.229. The first-order chi connectivity index (χ1) is 16.4. The molecule has 1 amide bonds. The molecule has 1 unspecified atom stereocenters. The molecule has 1 atom stereocenters. The molecule has 0 saturated heterocycles. The van der Waals surface area contributed by atoms with Crippen molar-refractivity contribution in [3.05, 3.63) is 82.4 Å². The molecule has 0 aliphatic heterocycles. The van der Waals surface area contributed by atoms with Crippen molar-refractivity contribution < 1.29 is 14.5 Å². The molecular weight excluding hydrogens is 454 g/mol. The lowest BCUT2D eigenvalue weighted by molar-refractivity contribution is -0.384. The number of fused-ring (bicyclic) bond motifs is 1. The van der Waals surface area contributed by atoms with E-state index in [4.69, 9.17) is 4.74 Å². The Balaban J connectivity index is 1.74. The third-order valence-corrected chi connectivity index (χ3v) is 6.15. The van der Waals surface area contributed by atoms with Gasteiger partial charge in [0.05, 0.1) is 45.3 Å². The number of ether oxygens (including phenoxy) is 1. The normalized spacial score (nSPS) is 11.6. The molecule has 10 heteroatoms. The average Bonchev–Trinajstić information content (AvgIpc) is 3.20. The first-order valence-corrected chi connectivity index (χ1v) is 11.1. The van der Waals surface area contributed by atoms with Gasteiger partial charge in [0, 0.05) is 12.1 Å². The Hall–Kier alpha value is -4.36. The van der Waals surface area contributed by atoms with Crippen molar-refractivity contribution in [2.75, 3.05) is 12.4 Å². The van der Waals surface area contributed by atoms with Crippen LogP contribution in [0.25, 0.3) is 16.7 Å². The van der Waals surface area contributed by atoms with E-state index in [-0.39, 0.29) is 11.6 Å². The van der Waals surface area contributed by atoms with Crippen molar-refractivity contribution in [3.8, 4) is 17.5 Å². The molecule has 0 bridgehead atoms. The number of aromatic nitrogens is 2. The third kappa shape index (κ3) is 4.42. The number of methoxy groups -OCH3 is 1. The van der Waals surface area contributed by atoms with Gasteiger partial charge >= 0.3 is 0 Å². The number of nitriles is 1. The first kappa shape index (κ1) is 22.8. The second-order valence-electron chi connectivity index (χ2n) is 7.24. The van der Waals surface area contributed by atoms with Crippen molar-refractivity contribution in [1.82, 2.24) is 9.55 Å². The van der Waals surface area contributed by atoms with Gasteiger partial charge in [0.25, 0.3) is 5.69 Å². The van der Waals surface area contributed by atoms with Gasteiger partial charge < -0.3 is 10.1 Å². The second kappa shape index (κ2) is 9.64. The van der Waals surface area contributed by atoms with Gasteiger partial charge in [0.2, 0.25) is 5.91 Å². The zero-order chi connectivity index (χ0) is 24.2. The molecule has 0 spiro atoms. The van der Waals surface area contributed by atoms with Crippen LogP contribution >= 0.6 is 11.8 Å². The van der Waals surface area contributed by atoms with E-state index in [1.165, 1.54) is 23.9 Å². The number of imidazole rings is 1. The number of non-ortho nitro benzene ring substituents is 1. The van der Waals surface area contributed by atoms with E-state index >= 15 is 0 Å². The minimum absolute atomic E-state index is 0.0763. The number of hydrogen-bond acceptors (Lipinski definition) is 7. The standard InChI is InChI=1S/C24H19N5O4S/c1-15(23(30)26-18-8-4-3-7-16(18)14-25)34-24-27-19-13-17(29(31)32)11-12-20(19)28(24)21-9-5-6-10-22(21)33-2/h3-13,15H,1-2H3,(H,26,30). The number of nitro benzene ring substituents is 1. The highest BCUT2D eigenvalue weighted by Gasteiger charge is 2.23. The molecule has 1 aromatic heterocycles. The van der Waals surface area contributed by atoms with Crippen LogP contribution in [0.5, 0.6) is 5.75 Å². The summed E-state index contributed by atoms with van der Waals surface area (Å²) >= 11 is 1.20. The number of benzene rings is 3. The minimum atomic E-state index is -0.591. The molecular formula is C24H19N5O4S. The Labute approximate surface area is 199 Å². The molecule has 9 nitrogen and oxygen atoms in total. The summed E-state index contributed by atoms with van der Waals surface area (Å²) in [5.41, 5.74) is 2.46. The summed E-state index contributed by atoms with van der Waals surface area (Å²) in [5, 5.41) is 23.2. The smallest absolute Gasteiger partial charge is 0.271 e. The number of anilines is 1. The topological polar surface area (TPSA) is 123 Å². The van der Waals surface area contributed by atoms with Crippen LogP contribution in [-0.4, -0.2) is 32.7 Å². The van der Waals surface area contributed by atoms with Crippen LogP contribution in [-0.2, 0) is 4.79 Å². The van der Waals surface area contributed by atoms with Gasteiger partial charge in [-0.25, -0.2) is 4.98 Å². The van der Waals surface area contributed by atoms with Crippen LogP contribution in [0.15, 0.2) is 71.9 Å². The molecule has 4 aromatic rings. The van der Waals surface area contributed by atoms with E-state index in [2.05, 4.69) is 16.4 Å². The van der Waals surface area contributed by atoms with Gasteiger partial charge in [-0.3, -0.25) is 19.5 Å². The molecule has 1 N–H and O–H groups in total. The van der Waals surface area contributed by atoms with Gasteiger partial charge in [0.1, 0.15) is 11.8 Å². The second-order valence-corrected chi connectivity index (χ2v) is 8.55. The van der Waals surface area contributed by atoms with Crippen LogP contribution in [0.1, 0.15) is 12.5 Å². The lowest BCUT2D eigenvalue weighted by Gasteiger charge is -2.15. The molecule has 0 saturated carbocycles. The van der Waals surface area contributed by atoms with Crippen molar-refractivity contribution in [1.29, 1.82) is 5.26 Å². The predicted octanol–water partition coefficient (Wildman–Crippen LogP) is 4.93. The Bertz CT molecular complexity index is 1440. The van der Waals surface area contributed by atoms with E-state index in [1.54, 1.807) is 50.4 Å². The number of nitrogens with zero attached hydrogens (tertiary/aromatic N) is 4. The van der Waals surface area contributed by atoms with Gasteiger partial charge in [-0.15, -0.1) is 0 Å². The van der Waals surface area contributed by atoms with E-state index in [1.807, 2.05) is 22.8 Å². The predicted molar refractivity (Wildman–Crippen MR) is 129 cm³/mol. The molecule has 1 heterocycles. The number of amides is 1. The minimum Gasteiger partial charge on any atom is -0.495 e. The largest absolute Gasteiger partial charge is 0.495 e. The van der Waals surface area contributed by atoms with Crippen LogP contribution < -0.4 is 10.1 Å². The fraction of sp³-hybridized carbons (Fsp3) is 0.125. The van der Waals surface area contributed by atoms with Gasteiger partial charge in [0.15, 0.2) is 5.16 Å². The number of carbonyl (C=O) groups excluding carboxylic acids is 1. The van der Waals surface area contributed by atoms with Crippen LogP contribution in [0.2, 0.25) is 0 Å². The summed E-state index contributed by atoms with van der Waals surface area (Å²) in [4.78, 5) is 28.3. The van der Waals surface area contributed by atoms with Crippen LogP contribution in [0.3, 0.4) is 0 Å². The fourth-order valence-corrected chi connectivity index (χ4v) is 4.36. The molecule has 4 rings (SSSR count). The van der Waals surface area contributed by atoms with Crippen molar-refractivity contribution >= 4 is 40.1 Å². The summed E-state index contributed by atoms with van der Waals surface area (Å²) in [6.07, 6.45) is 0. The zero-order valence-corrected chi connectivity index (χ0v) is 19.1. The van der Waals surface area contributed by atoms with Gasteiger partial charge in [-0.2, -0.15) is 5.26 Å². The number of thioether (sulfide) groups is 1. The number of carbonyl (C=O) groups is 1. The number of para-hydroxylation sites is 3. The number of rotatable bonds is 7. The number of nitro groups is 1. The van der Waals surface area contributed by atoms with E-state index < -0.39 is 10.2 Å². The van der Waals surface area contributed by atoms with Crippen molar-refractivity contribution in [3.63, 3.8) is 0 Å². The monoisotopic (exact) mass is 473 g/mol. The van der Waals surface area contributed by atoms with Gasteiger partial charge in [-0.05, 0) is 37.3 Å². The van der Waals surface area contributed by atoms with Crippen LogP contribution in [0, 0.1) is 21.4 Å². The Morgan fingerprint density at radius 1 is 1.21 bits per heavy atom. The number of nitrogens with one attached hydrogen (secondary N) is 1. The molecule has 0 aliphatic carbocycles. The van der Waals surface area contributed by atoms with Crippen LogP contribution in [0.4, 0.5) is 11.4 Å². The average molecular weight is 474 g/mol. The van der Waals surface area contributed by atoms with E-state index in [0.29, 0.717) is 38.9 Å². The first-order valence-electron chi connectivity index (χ1n) is 10.2. The van der Waals surface area contributed by atoms with Gasteiger partial charge in [-0.1, -0.05) is 36.0 Å². The molecule has 0 radical (unpaired) electrons. The van der Waals surface area contributed by atoms with E-state index in [9.17, 15) is 20.2 Å². The molecule has 34 heavy (non-hydrogen) atoms.